The number of benzene rings is 2. The minimum atomic E-state index is -0.309. The van der Waals surface area contributed by atoms with E-state index in [1.807, 2.05) is 24.3 Å². The summed E-state index contributed by atoms with van der Waals surface area (Å²) in [5.41, 5.74) is 2.36. The van der Waals surface area contributed by atoms with E-state index in [1.165, 1.54) is 36.7 Å². The van der Waals surface area contributed by atoms with Crippen molar-refractivity contribution < 1.29 is 13.9 Å². The third-order valence-corrected chi connectivity index (χ3v) is 6.27. The second-order valence-electron chi connectivity index (χ2n) is 7.19. The Hall–Kier alpha value is -2.60. The van der Waals surface area contributed by atoms with E-state index in [-0.39, 0.29) is 5.82 Å². The molecule has 0 atom stereocenters. The van der Waals surface area contributed by atoms with Crippen molar-refractivity contribution in [1.29, 1.82) is 0 Å². The van der Waals surface area contributed by atoms with Gasteiger partial charge in [0.1, 0.15) is 23.0 Å². The Labute approximate surface area is 174 Å². The summed E-state index contributed by atoms with van der Waals surface area (Å²) in [6.07, 6.45) is 5.85. The molecule has 0 radical (unpaired) electrons. The van der Waals surface area contributed by atoms with Crippen LogP contribution in [-0.4, -0.2) is 18.8 Å². The van der Waals surface area contributed by atoms with Crippen LogP contribution in [0.5, 0.6) is 11.5 Å². The Kier molecular flexibility index (Phi) is 6.00. The van der Waals surface area contributed by atoms with Crippen LogP contribution in [-0.2, 0) is 0 Å². The number of nitrogens with zero attached hydrogens (tertiary/aromatic N) is 2. The lowest BCUT2D eigenvalue weighted by molar-refractivity contribution is 0.350. The summed E-state index contributed by atoms with van der Waals surface area (Å²) in [7, 11) is 3.33. The number of rotatable bonds is 5. The summed E-state index contributed by atoms with van der Waals surface area (Å²) >= 11 is 1.53. The van der Waals surface area contributed by atoms with Crippen LogP contribution in [0.15, 0.2) is 52.8 Å². The van der Waals surface area contributed by atoms with E-state index in [9.17, 15) is 4.39 Å². The van der Waals surface area contributed by atoms with Crippen LogP contribution in [0, 0.1) is 5.82 Å². The molecule has 0 spiro atoms. The fourth-order valence-corrected chi connectivity index (χ4v) is 4.92. The highest BCUT2D eigenvalue weighted by atomic mass is 32.1. The van der Waals surface area contributed by atoms with Crippen molar-refractivity contribution in [2.75, 3.05) is 14.2 Å². The van der Waals surface area contributed by atoms with Crippen LogP contribution in [0.4, 0.5) is 10.1 Å². The molecule has 4 nitrogen and oxygen atoms in total. The van der Waals surface area contributed by atoms with Gasteiger partial charge in [-0.25, -0.2) is 9.38 Å². The maximum absolute atomic E-state index is 14.3. The molecule has 0 unspecified atom stereocenters. The third kappa shape index (κ3) is 4.08. The monoisotopic (exact) mass is 412 g/mol. The van der Waals surface area contributed by atoms with E-state index in [2.05, 4.69) is 9.95 Å². The molecule has 1 aliphatic rings. The lowest BCUT2D eigenvalue weighted by atomic mass is 9.95. The quantitative estimate of drug-likeness (QED) is 0.507. The van der Waals surface area contributed by atoms with Crippen LogP contribution in [0.25, 0.3) is 11.3 Å². The van der Waals surface area contributed by atoms with Crippen molar-refractivity contribution in [3.05, 3.63) is 58.5 Å². The molecule has 152 valence electrons. The number of methoxy groups -OCH3 is 2. The molecule has 0 N–H and O–H groups in total. The molecule has 1 fully saturated rings. The summed E-state index contributed by atoms with van der Waals surface area (Å²) in [5.74, 6) is 1.25. The van der Waals surface area contributed by atoms with Crippen molar-refractivity contribution in [3.63, 3.8) is 0 Å². The van der Waals surface area contributed by atoms with Gasteiger partial charge >= 0.3 is 0 Å². The minimum absolute atomic E-state index is 0.309. The van der Waals surface area contributed by atoms with E-state index in [0.29, 0.717) is 11.7 Å². The predicted molar refractivity (Wildman–Crippen MR) is 115 cm³/mol. The number of para-hydroxylation sites is 1. The Bertz CT molecular complexity index is 1050. The number of halogens is 1. The summed E-state index contributed by atoms with van der Waals surface area (Å²) in [5, 5.41) is 2.09. The van der Waals surface area contributed by atoms with Gasteiger partial charge in [0.25, 0.3) is 0 Å². The zero-order chi connectivity index (χ0) is 20.2. The van der Waals surface area contributed by atoms with E-state index >= 15 is 0 Å². The fraction of sp³-hybridized carbons (Fsp3) is 0.348. The van der Waals surface area contributed by atoms with Gasteiger partial charge in [-0.15, -0.1) is 11.3 Å². The zero-order valence-corrected chi connectivity index (χ0v) is 17.5. The lowest BCUT2D eigenvalue weighted by Gasteiger charge is -2.25. The highest BCUT2D eigenvalue weighted by Gasteiger charge is 2.22. The average molecular weight is 413 g/mol. The number of hydrogen-bond donors (Lipinski definition) is 0. The first-order valence-corrected chi connectivity index (χ1v) is 10.8. The molecule has 0 saturated heterocycles. The molecule has 4 rings (SSSR count). The number of hydrogen-bond acceptors (Lipinski definition) is 4. The molecule has 29 heavy (non-hydrogen) atoms. The summed E-state index contributed by atoms with van der Waals surface area (Å²) < 4.78 is 27.6. The first-order valence-electron chi connectivity index (χ1n) is 9.93. The Balaban J connectivity index is 1.92. The Morgan fingerprint density at radius 3 is 2.55 bits per heavy atom. The van der Waals surface area contributed by atoms with Crippen molar-refractivity contribution in [2.24, 2.45) is 4.99 Å². The van der Waals surface area contributed by atoms with Crippen molar-refractivity contribution in [3.8, 4) is 22.8 Å². The molecule has 2 aromatic carbocycles. The van der Waals surface area contributed by atoms with Crippen molar-refractivity contribution in [1.82, 2.24) is 4.57 Å². The van der Waals surface area contributed by atoms with Gasteiger partial charge < -0.3 is 14.0 Å². The Morgan fingerprint density at radius 2 is 1.83 bits per heavy atom. The number of thiazole rings is 1. The summed E-state index contributed by atoms with van der Waals surface area (Å²) in [4.78, 5) is 5.50. The highest BCUT2D eigenvalue weighted by Crippen LogP contribution is 2.38. The van der Waals surface area contributed by atoms with E-state index in [1.54, 1.807) is 26.4 Å². The molecule has 0 amide bonds. The molecule has 1 heterocycles. The SMILES string of the molecule is COc1ccc(OC)c(-c2csc(=Nc3ccccc3F)n2C2CCCCC2)c1. The topological polar surface area (TPSA) is 35.8 Å². The van der Waals surface area contributed by atoms with Gasteiger partial charge in [0.15, 0.2) is 4.80 Å². The average Bonchev–Trinajstić information content (AvgIpc) is 3.19. The fourth-order valence-electron chi connectivity index (χ4n) is 3.95. The lowest BCUT2D eigenvalue weighted by Crippen LogP contribution is -2.23. The summed E-state index contributed by atoms with van der Waals surface area (Å²) in [6.45, 7) is 0. The second kappa shape index (κ2) is 8.82. The van der Waals surface area contributed by atoms with Crippen LogP contribution in [0.3, 0.4) is 0 Å². The number of ether oxygens (including phenoxy) is 2. The summed E-state index contributed by atoms with van der Waals surface area (Å²) in [6, 6.07) is 12.8. The van der Waals surface area contributed by atoms with Crippen LogP contribution >= 0.6 is 11.3 Å². The van der Waals surface area contributed by atoms with Crippen LogP contribution in [0.2, 0.25) is 0 Å². The zero-order valence-electron chi connectivity index (χ0n) is 16.7. The van der Waals surface area contributed by atoms with Gasteiger partial charge in [0.05, 0.1) is 19.9 Å². The first kappa shape index (κ1) is 19.7. The molecular formula is C23H25FN2O2S. The van der Waals surface area contributed by atoms with Crippen molar-refractivity contribution >= 4 is 17.0 Å². The molecule has 1 aliphatic carbocycles. The van der Waals surface area contributed by atoms with Gasteiger partial charge in [0.2, 0.25) is 0 Å². The van der Waals surface area contributed by atoms with Crippen LogP contribution < -0.4 is 14.3 Å². The van der Waals surface area contributed by atoms with E-state index in [0.717, 1.165) is 40.4 Å². The van der Waals surface area contributed by atoms with Gasteiger partial charge in [-0.05, 0) is 43.2 Å². The molecular weight excluding hydrogens is 387 g/mol. The second-order valence-corrected chi connectivity index (χ2v) is 8.03. The van der Waals surface area contributed by atoms with Crippen molar-refractivity contribution in [2.45, 2.75) is 38.1 Å². The standard InChI is InChI=1S/C23H25FN2O2S/c1-27-17-12-13-22(28-2)18(14-17)21-15-29-23(25-20-11-7-6-10-19(20)24)26(21)16-8-4-3-5-9-16/h6-7,10-16H,3-5,8-9H2,1-2H3. The molecule has 1 aromatic heterocycles. The molecule has 0 aliphatic heterocycles. The molecule has 0 bridgehead atoms. The highest BCUT2D eigenvalue weighted by molar-refractivity contribution is 7.07. The third-order valence-electron chi connectivity index (χ3n) is 5.43. The smallest absolute Gasteiger partial charge is 0.190 e. The van der Waals surface area contributed by atoms with Gasteiger partial charge in [-0.1, -0.05) is 31.4 Å². The number of aromatic nitrogens is 1. The molecule has 6 heteroatoms. The largest absolute Gasteiger partial charge is 0.497 e. The normalized spacial score (nSPS) is 15.5. The van der Waals surface area contributed by atoms with Crippen LogP contribution in [0.1, 0.15) is 38.1 Å². The Morgan fingerprint density at radius 1 is 1.03 bits per heavy atom. The predicted octanol–water partition coefficient (Wildman–Crippen LogP) is 6.11. The maximum atomic E-state index is 14.3. The molecule has 3 aromatic rings. The van der Waals surface area contributed by atoms with Gasteiger partial charge in [-0.2, -0.15) is 0 Å². The van der Waals surface area contributed by atoms with Gasteiger partial charge in [-0.3, -0.25) is 0 Å². The molecule has 1 saturated carbocycles. The maximum Gasteiger partial charge on any atom is 0.190 e. The first-order chi connectivity index (χ1) is 14.2. The van der Waals surface area contributed by atoms with E-state index in [4.69, 9.17) is 14.5 Å². The minimum Gasteiger partial charge on any atom is -0.497 e. The van der Waals surface area contributed by atoms with Gasteiger partial charge in [0, 0.05) is 17.0 Å². The van der Waals surface area contributed by atoms with E-state index < -0.39 is 0 Å².